The lowest BCUT2D eigenvalue weighted by molar-refractivity contribution is -0.154. The van der Waals surface area contributed by atoms with Gasteiger partial charge in [-0.3, -0.25) is 24.1 Å². The van der Waals surface area contributed by atoms with E-state index < -0.39 is 25.0 Å². The first-order valence-electron chi connectivity index (χ1n) is 9.08. The number of hydrogen-bond donors (Lipinski definition) is 1. The third-order valence-electron chi connectivity index (χ3n) is 5.07. The number of carbonyl (C=O) groups excluding carboxylic acids is 4. The first-order chi connectivity index (χ1) is 13.4. The highest BCUT2D eigenvalue weighted by Gasteiger charge is 2.48. The van der Waals surface area contributed by atoms with Crippen LogP contribution >= 0.6 is 23.2 Å². The Morgan fingerprint density at radius 3 is 2.36 bits per heavy atom. The van der Waals surface area contributed by atoms with E-state index in [2.05, 4.69) is 5.32 Å². The van der Waals surface area contributed by atoms with E-state index in [1.165, 1.54) is 0 Å². The van der Waals surface area contributed by atoms with Crippen molar-refractivity contribution in [2.45, 2.75) is 32.2 Å². The van der Waals surface area contributed by atoms with E-state index in [-0.39, 0.29) is 30.2 Å². The van der Waals surface area contributed by atoms with Crippen LogP contribution in [0, 0.1) is 11.8 Å². The van der Waals surface area contributed by atoms with Crippen molar-refractivity contribution >= 4 is 46.9 Å². The lowest BCUT2D eigenvalue weighted by atomic mass is 9.81. The normalized spacial score (nSPS) is 21.4. The van der Waals surface area contributed by atoms with E-state index >= 15 is 0 Å². The van der Waals surface area contributed by atoms with E-state index in [4.69, 9.17) is 27.9 Å². The summed E-state index contributed by atoms with van der Waals surface area (Å²) in [4.78, 5) is 49.5. The average Bonchev–Trinajstić information content (AvgIpc) is 2.91. The molecule has 1 aromatic carbocycles. The molecule has 3 rings (SSSR count). The van der Waals surface area contributed by atoms with Crippen LogP contribution in [-0.4, -0.2) is 41.7 Å². The summed E-state index contributed by atoms with van der Waals surface area (Å²) >= 11 is 11.8. The van der Waals surface area contributed by atoms with Crippen LogP contribution in [0.2, 0.25) is 10.0 Å². The molecule has 0 bridgehead atoms. The fourth-order valence-electron chi connectivity index (χ4n) is 3.62. The Bertz CT molecular complexity index is 790. The van der Waals surface area contributed by atoms with Gasteiger partial charge < -0.3 is 10.1 Å². The molecule has 7 nitrogen and oxygen atoms in total. The molecule has 2 aliphatic rings. The minimum atomic E-state index is -0.792. The van der Waals surface area contributed by atoms with Crippen LogP contribution in [0.3, 0.4) is 0 Å². The summed E-state index contributed by atoms with van der Waals surface area (Å²) in [5, 5.41) is 3.48. The lowest BCUT2D eigenvalue weighted by Gasteiger charge is -2.19. The lowest BCUT2D eigenvalue weighted by Crippen LogP contribution is -2.38. The minimum Gasteiger partial charge on any atom is -0.454 e. The van der Waals surface area contributed by atoms with Crippen LogP contribution in [0.15, 0.2) is 18.2 Å². The SMILES string of the molecule is O=C(COC(=O)CN1C(=O)[C@H]2CCCC[C@H]2C1=O)NCc1ccc(Cl)cc1Cl. The van der Waals surface area contributed by atoms with Gasteiger partial charge in [-0.2, -0.15) is 0 Å². The van der Waals surface area contributed by atoms with Gasteiger partial charge in [-0.1, -0.05) is 42.1 Å². The molecule has 1 heterocycles. The minimum absolute atomic E-state index is 0.152. The van der Waals surface area contributed by atoms with Crippen LogP contribution in [0.5, 0.6) is 0 Å². The summed E-state index contributed by atoms with van der Waals surface area (Å²) in [5.74, 6) is -2.57. The molecule has 1 N–H and O–H groups in total. The number of halogens is 2. The zero-order chi connectivity index (χ0) is 20.3. The highest BCUT2D eigenvalue weighted by molar-refractivity contribution is 6.35. The Hall–Kier alpha value is -2.12. The number of nitrogens with zero attached hydrogens (tertiary/aromatic N) is 1. The van der Waals surface area contributed by atoms with Crippen LogP contribution in [0.1, 0.15) is 31.2 Å². The number of carbonyl (C=O) groups is 4. The third kappa shape index (κ3) is 4.64. The third-order valence-corrected chi connectivity index (χ3v) is 5.66. The van der Waals surface area contributed by atoms with E-state index in [0.717, 1.165) is 17.7 Å². The summed E-state index contributed by atoms with van der Waals surface area (Å²) in [6.07, 6.45) is 3.18. The molecule has 3 amide bonds. The summed E-state index contributed by atoms with van der Waals surface area (Å²) in [6.45, 7) is -0.813. The Balaban J connectivity index is 1.44. The van der Waals surface area contributed by atoms with Gasteiger partial charge in [0.1, 0.15) is 6.54 Å². The van der Waals surface area contributed by atoms with Gasteiger partial charge in [-0.15, -0.1) is 0 Å². The number of amides is 3. The Morgan fingerprint density at radius 2 is 1.75 bits per heavy atom. The van der Waals surface area contributed by atoms with Crippen LogP contribution in [0.4, 0.5) is 0 Å². The zero-order valence-corrected chi connectivity index (χ0v) is 16.6. The monoisotopic (exact) mass is 426 g/mol. The van der Waals surface area contributed by atoms with E-state index in [1.807, 2.05) is 0 Å². The van der Waals surface area contributed by atoms with Crippen LogP contribution in [-0.2, 0) is 30.5 Å². The van der Waals surface area contributed by atoms with Crippen molar-refractivity contribution in [2.24, 2.45) is 11.8 Å². The largest absolute Gasteiger partial charge is 0.454 e. The molecule has 9 heteroatoms. The van der Waals surface area contributed by atoms with E-state index in [0.29, 0.717) is 28.5 Å². The van der Waals surface area contributed by atoms with Crippen molar-refractivity contribution in [1.82, 2.24) is 10.2 Å². The van der Waals surface area contributed by atoms with Gasteiger partial charge in [-0.05, 0) is 30.5 Å². The number of nitrogens with one attached hydrogen (secondary N) is 1. The highest BCUT2D eigenvalue weighted by Crippen LogP contribution is 2.37. The number of rotatable bonds is 6. The van der Waals surface area contributed by atoms with Gasteiger partial charge in [0.25, 0.3) is 5.91 Å². The Kier molecular flexibility index (Phi) is 6.57. The molecule has 1 aromatic rings. The predicted molar refractivity (Wildman–Crippen MR) is 101 cm³/mol. The first kappa shape index (κ1) is 20.6. The maximum atomic E-state index is 12.3. The molecule has 1 saturated heterocycles. The standard InChI is InChI=1S/C19H20Cl2N2O5/c20-12-6-5-11(15(21)7-12)8-22-16(24)10-28-17(25)9-23-18(26)13-3-1-2-4-14(13)19(23)27/h5-7,13-14H,1-4,8-10H2,(H,22,24)/t13-,14+. The molecule has 2 fully saturated rings. The molecule has 0 aromatic heterocycles. The number of hydrogen-bond acceptors (Lipinski definition) is 5. The predicted octanol–water partition coefficient (Wildman–Crippen LogP) is 2.33. The van der Waals surface area contributed by atoms with Crippen molar-refractivity contribution in [1.29, 1.82) is 0 Å². The summed E-state index contributed by atoms with van der Waals surface area (Å²) in [5.41, 5.74) is 0.668. The molecule has 28 heavy (non-hydrogen) atoms. The summed E-state index contributed by atoms with van der Waals surface area (Å²) < 4.78 is 4.90. The summed E-state index contributed by atoms with van der Waals surface area (Å²) in [6, 6.07) is 4.89. The van der Waals surface area contributed by atoms with Gasteiger partial charge in [0.2, 0.25) is 11.8 Å². The molecule has 2 atom stereocenters. The van der Waals surface area contributed by atoms with Crippen molar-refractivity contribution in [2.75, 3.05) is 13.2 Å². The molecule has 0 spiro atoms. The highest BCUT2D eigenvalue weighted by atomic mass is 35.5. The Morgan fingerprint density at radius 1 is 1.11 bits per heavy atom. The Labute approximate surface area is 172 Å². The second kappa shape index (κ2) is 8.92. The maximum absolute atomic E-state index is 12.3. The molecule has 0 unspecified atom stereocenters. The van der Waals surface area contributed by atoms with Crippen LogP contribution < -0.4 is 5.32 Å². The number of esters is 1. The topological polar surface area (TPSA) is 92.8 Å². The molecule has 1 aliphatic carbocycles. The number of benzene rings is 1. The van der Waals surface area contributed by atoms with Gasteiger partial charge in [0.15, 0.2) is 6.61 Å². The van der Waals surface area contributed by atoms with Gasteiger partial charge >= 0.3 is 5.97 Å². The smallest absolute Gasteiger partial charge is 0.326 e. The second-order valence-corrected chi connectivity index (χ2v) is 7.78. The number of ether oxygens (including phenoxy) is 1. The van der Waals surface area contributed by atoms with E-state index in [1.54, 1.807) is 18.2 Å². The average molecular weight is 427 g/mol. The number of fused-ring (bicyclic) bond motifs is 1. The van der Waals surface area contributed by atoms with Gasteiger partial charge in [-0.25, -0.2) is 0 Å². The van der Waals surface area contributed by atoms with Crippen molar-refractivity contribution in [3.8, 4) is 0 Å². The van der Waals surface area contributed by atoms with Crippen LogP contribution in [0.25, 0.3) is 0 Å². The zero-order valence-electron chi connectivity index (χ0n) is 15.1. The van der Waals surface area contributed by atoms with Crippen molar-refractivity contribution < 1.29 is 23.9 Å². The fraction of sp³-hybridized carbons (Fsp3) is 0.474. The molecule has 1 aliphatic heterocycles. The van der Waals surface area contributed by atoms with Crippen molar-refractivity contribution in [3.63, 3.8) is 0 Å². The second-order valence-electron chi connectivity index (χ2n) is 6.93. The molecule has 150 valence electrons. The summed E-state index contributed by atoms with van der Waals surface area (Å²) in [7, 11) is 0. The maximum Gasteiger partial charge on any atom is 0.326 e. The molecular formula is C19H20Cl2N2O5. The number of likely N-dealkylation sites (tertiary alicyclic amines) is 1. The van der Waals surface area contributed by atoms with E-state index in [9.17, 15) is 19.2 Å². The van der Waals surface area contributed by atoms with Gasteiger partial charge in [0, 0.05) is 16.6 Å². The fourth-order valence-corrected chi connectivity index (χ4v) is 4.09. The van der Waals surface area contributed by atoms with Crippen molar-refractivity contribution in [3.05, 3.63) is 33.8 Å². The van der Waals surface area contributed by atoms with Gasteiger partial charge in [0.05, 0.1) is 11.8 Å². The quantitative estimate of drug-likeness (QED) is 0.556. The molecule has 1 saturated carbocycles. The molecular weight excluding hydrogens is 407 g/mol. The first-order valence-corrected chi connectivity index (χ1v) is 9.84. The number of imide groups is 1. The molecule has 0 radical (unpaired) electrons.